The molecule has 11 heteroatoms. The van der Waals surface area contributed by atoms with Crippen molar-refractivity contribution in [1.82, 2.24) is 10.2 Å². The summed E-state index contributed by atoms with van der Waals surface area (Å²) in [5, 5.41) is 1.73. The molecule has 2 heterocycles. The summed E-state index contributed by atoms with van der Waals surface area (Å²) >= 11 is 5.62. The lowest BCUT2D eigenvalue weighted by Crippen LogP contribution is -2.52. The van der Waals surface area contributed by atoms with Crippen LogP contribution < -0.4 is 15.0 Å². The monoisotopic (exact) mass is 463 g/mol. The van der Waals surface area contributed by atoms with Gasteiger partial charge in [0, 0.05) is 31.6 Å². The molecule has 32 heavy (non-hydrogen) atoms. The van der Waals surface area contributed by atoms with Crippen LogP contribution in [0.15, 0.2) is 30.3 Å². The molecule has 1 N–H and O–H groups in total. The van der Waals surface area contributed by atoms with Crippen molar-refractivity contribution in [1.29, 1.82) is 0 Å². The summed E-state index contributed by atoms with van der Waals surface area (Å²) in [4.78, 5) is 51.1. The number of amides is 4. The van der Waals surface area contributed by atoms with E-state index >= 15 is 0 Å². The van der Waals surface area contributed by atoms with Crippen LogP contribution in [0.4, 0.5) is 19.3 Å². The zero-order valence-corrected chi connectivity index (χ0v) is 17.4. The van der Waals surface area contributed by atoms with Crippen molar-refractivity contribution in [2.24, 2.45) is 0 Å². The molecule has 1 unspecified atom stereocenters. The molecule has 1 saturated heterocycles. The molecule has 0 aromatic heterocycles. The van der Waals surface area contributed by atoms with Crippen LogP contribution in [-0.2, 0) is 16.1 Å². The predicted molar refractivity (Wildman–Crippen MR) is 108 cm³/mol. The van der Waals surface area contributed by atoms with Crippen molar-refractivity contribution in [2.45, 2.75) is 25.4 Å². The van der Waals surface area contributed by atoms with Crippen LogP contribution >= 0.6 is 11.6 Å². The zero-order chi connectivity index (χ0) is 23.2. The molecule has 4 amide bonds. The molecule has 1 fully saturated rings. The normalized spacial score (nSPS) is 17.8. The second kappa shape index (κ2) is 8.19. The Bertz CT molecular complexity index is 1150. The summed E-state index contributed by atoms with van der Waals surface area (Å²) in [6.07, 6.45) is -0.549. The first kappa shape index (κ1) is 21.7. The first-order valence-electron chi connectivity index (χ1n) is 9.53. The largest absolute Gasteiger partial charge is 0.419 e. The molecule has 8 nitrogen and oxygen atoms in total. The maximum Gasteiger partial charge on any atom is 0.419 e. The molecular weight excluding hydrogens is 448 g/mol. The summed E-state index contributed by atoms with van der Waals surface area (Å²) < 4.78 is 32.2. The Morgan fingerprint density at radius 1 is 1.22 bits per heavy atom. The number of hydrogen-bond acceptors (Lipinski definition) is 5. The first-order chi connectivity index (χ1) is 15.2. The van der Waals surface area contributed by atoms with E-state index < -0.39 is 40.6 Å². The van der Waals surface area contributed by atoms with Gasteiger partial charge in [0.2, 0.25) is 11.8 Å². The lowest BCUT2D eigenvalue weighted by atomic mass is 10.0. The van der Waals surface area contributed by atoms with Crippen molar-refractivity contribution >= 4 is 41.1 Å². The van der Waals surface area contributed by atoms with Crippen molar-refractivity contribution in [2.75, 3.05) is 11.9 Å². The first-order valence-corrected chi connectivity index (χ1v) is 9.91. The molecule has 1 atom stereocenters. The zero-order valence-electron chi connectivity index (χ0n) is 16.7. The van der Waals surface area contributed by atoms with Gasteiger partial charge in [0.1, 0.15) is 11.8 Å². The fourth-order valence-corrected chi connectivity index (χ4v) is 3.81. The Labute approximate surface area is 185 Å². The minimum absolute atomic E-state index is 0.0276. The third-order valence-corrected chi connectivity index (χ3v) is 5.61. The standard InChI is InChI=1S/C21H16ClF2N3O5/c1-26(11-6-14(22)18(24)15(23)7-11)21(31)32-12-3-2-10-9-27(20(30)13(10)8-12)16-4-5-17(28)25-19(16)29/h2-3,6-8,16H,4-5,9H2,1H3,(H,25,28,29). The SMILES string of the molecule is CN(C(=O)Oc1ccc2c(c1)C(=O)N(C1CCC(=O)NC1=O)C2)c1cc(F)c(F)c(Cl)c1. The topological polar surface area (TPSA) is 96.0 Å². The van der Waals surface area contributed by atoms with Gasteiger partial charge in [-0.05, 0) is 30.2 Å². The number of carbonyl (C=O) groups excluding carboxylic acids is 4. The van der Waals surface area contributed by atoms with Gasteiger partial charge in [0.15, 0.2) is 11.6 Å². The number of nitrogens with zero attached hydrogens (tertiary/aromatic N) is 2. The number of hydrogen-bond donors (Lipinski definition) is 1. The lowest BCUT2D eigenvalue weighted by molar-refractivity contribution is -0.136. The highest BCUT2D eigenvalue weighted by atomic mass is 35.5. The molecular formula is C21H16ClF2N3O5. The van der Waals surface area contributed by atoms with Gasteiger partial charge in [0.05, 0.1) is 10.7 Å². The molecule has 0 radical (unpaired) electrons. The number of ether oxygens (including phenoxy) is 1. The molecule has 2 aliphatic rings. The van der Waals surface area contributed by atoms with Crippen LogP contribution in [-0.4, -0.2) is 41.8 Å². The Morgan fingerprint density at radius 3 is 2.66 bits per heavy atom. The molecule has 2 aliphatic heterocycles. The van der Waals surface area contributed by atoms with Crippen molar-refractivity contribution < 1.29 is 32.7 Å². The average molecular weight is 464 g/mol. The minimum atomic E-state index is -1.23. The van der Waals surface area contributed by atoms with Crippen molar-refractivity contribution in [3.8, 4) is 5.75 Å². The highest BCUT2D eigenvalue weighted by Gasteiger charge is 2.39. The van der Waals surface area contributed by atoms with Gasteiger partial charge in [-0.15, -0.1) is 0 Å². The molecule has 0 aliphatic carbocycles. The molecule has 0 bridgehead atoms. The summed E-state index contributed by atoms with van der Waals surface area (Å²) in [6, 6.07) is 5.55. The fourth-order valence-electron chi connectivity index (χ4n) is 3.61. The van der Waals surface area contributed by atoms with E-state index in [1.54, 1.807) is 6.07 Å². The number of piperidine rings is 1. The van der Waals surface area contributed by atoms with Gasteiger partial charge in [-0.1, -0.05) is 17.7 Å². The number of fused-ring (bicyclic) bond motifs is 1. The molecule has 0 spiro atoms. The second-order valence-corrected chi connectivity index (χ2v) is 7.78. The lowest BCUT2D eigenvalue weighted by Gasteiger charge is -2.29. The Kier molecular flexibility index (Phi) is 5.55. The summed E-state index contributed by atoms with van der Waals surface area (Å²) in [5.41, 5.74) is 0.874. The summed E-state index contributed by atoms with van der Waals surface area (Å²) in [7, 11) is 1.29. The average Bonchev–Trinajstić information content (AvgIpc) is 3.07. The van der Waals surface area contributed by atoms with Crippen LogP contribution in [0.2, 0.25) is 5.02 Å². The number of carbonyl (C=O) groups is 4. The van der Waals surface area contributed by atoms with Crippen LogP contribution in [0.5, 0.6) is 5.75 Å². The van der Waals surface area contributed by atoms with E-state index in [0.717, 1.165) is 17.0 Å². The molecule has 166 valence electrons. The molecule has 2 aromatic rings. The third kappa shape index (κ3) is 3.89. The van der Waals surface area contributed by atoms with E-state index in [4.69, 9.17) is 16.3 Å². The maximum atomic E-state index is 13.6. The van der Waals surface area contributed by atoms with Crippen LogP contribution in [0, 0.1) is 11.6 Å². The summed E-state index contributed by atoms with van der Waals surface area (Å²) in [5.74, 6) is -3.73. The van der Waals surface area contributed by atoms with Crippen molar-refractivity contribution in [3.63, 3.8) is 0 Å². The van der Waals surface area contributed by atoms with E-state index in [0.29, 0.717) is 5.56 Å². The minimum Gasteiger partial charge on any atom is -0.410 e. The molecule has 0 saturated carbocycles. The molecule has 4 rings (SSSR count). The van der Waals surface area contributed by atoms with E-state index in [2.05, 4.69) is 5.32 Å². The van der Waals surface area contributed by atoms with E-state index in [1.807, 2.05) is 0 Å². The quantitative estimate of drug-likeness (QED) is 0.557. The van der Waals surface area contributed by atoms with Gasteiger partial charge in [-0.2, -0.15) is 0 Å². The van der Waals surface area contributed by atoms with Gasteiger partial charge in [-0.3, -0.25) is 24.6 Å². The van der Waals surface area contributed by atoms with Gasteiger partial charge in [0.25, 0.3) is 5.91 Å². The van der Waals surface area contributed by atoms with Gasteiger partial charge >= 0.3 is 6.09 Å². The highest BCUT2D eigenvalue weighted by molar-refractivity contribution is 6.31. The van der Waals surface area contributed by atoms with E-state index in [-0.39, 0.29) is 42.3 Å². The third-order valence-electron chi connectivity index (χ3n) is 5.33. The Morgan fingerprint density at radius 2 is 1.97 bits per heavy atom. The van der Waals surface area contributed by atoms with Gasteiger partial charge < -0.3 is 9.64 Å². The number of anilines is 1. The highest BCUT2D eigenvalue weighted by Crippen LogP contribution is 2.31. The van der Waals surface area contributed by atoms with Crippen LogP contribution in [0.1, 0.15) is 28.8 Å². The van der Waals surface area contributed by atoms with E-state index in [1.165, 1.54) is 24.1 Å². The number of benzene rings is 2. The molecule has 2 aromatic carbocycles. The maximum absolute atomic E-state index is 13.6. The van der Waals surface area contributed by atoms with Crippen LogP contribution in [0.3, 0.4) is 0 Å². The second-order valence-electron chi connectivity index (χ2n) is 7.37. The predicted octanol–water partition coefficient (Wildman–Crippen LogP) is 3.01. The van der Waals surface area contributed by atoms with Crippen molar-refractivity contribution in [3.05, 3.63) is 58.1 Å². The number of imide groups is 1. The Balaban J connectivity index is 1.49. The summed E-state index contributed by atoms with van der Waals surface area (Å²) in [6.45, 7) is 0.182. The van der Waals surface area contributed by atoms with Crippen LogP contribution in [0.25, 0.3) is 0 Å². The van der Waals surface area contributed by atoms with Gasteiger partial charge in [-0.25, -0.2) is 13.6 Å². The fraction of sp³-hybridized carbons (Fsp3) is 0.238. The smallest absolute Gasteiger partial charge is 0.410 e. The number of nitrogens with one attached hydrogen (secondary N) is 1. The number of halogens is 3. The number of rotatable bonds is 3. The van der Waals surface area contributed by atoms with E-state index in [9.17, 15) is 28.0 Å². The Hall–Kier alpha value is -3.53.